The Balaban J connectivity index is 2.04. The zero-order valence-electron chi connectivity index (χ0n) is 9.01. The molecule has 1 saturated carbocycles. The van der Waals surface area contributed by atoms with Gasteiger partial charge in [0.1, 0.15) is 0 Å². The molecule has 78 valence electrons. The molecule has 0 heterocycles. The van der Waals surface area contributed by atoms with Crippen LogP contribution >= 0.6 is 0 Å². The van der Waals surface area contributed by atoms with Crippen LogP contribution in [0, 0.1) is 11.3 Å². The van der Waals surface area contributed by atoms with E-state index in [4.69, 9.17) is 10.5 Å². The highest BCUT2D eigenvalue weighted by atomic mass is 16.5. The van der Waals surface area contributed by atoms with Crippen LogP contribution in [0.15, 0.2) is 0 Å². The van der Waals surface area contributed by atoms with Crippen LogP contribution in [0.2, 0.25) is 0 Å². The first-order chi connectivity index (χ1) is 6.18. The minimum absolute atomic E-state index is 0.455. The smallest absolute Gasteiger partial charge is 0.0488 e. The monoisotopic (exact) mass is 185 g/mol. The normalized spacial score (nSPS) is 20.3. The molecular weight excluding hydrogens is 162 g/mol. The molecule has 2 nitrogen and oxygen atoms in total. The van der Waals surface area contributed by atoms with Crippen LogP contribution in [0.4, 0.5) is 0 Å². The van der Waals surface area contributed by atoms with Crippen molar-refractivity contribution in [3.05, 3.63) is 0 Å². The largest absolute Gasteiger partial charge is 0.381 e. The van der Waals surface area contributed by atoms with Crippen molar-refractivity contribution in [3.8, 4) is 0 Å². The molecule has 1 fully saturated rings. The van der Waals surface area contributed by atoms with Crippen LogP contribution in [0.5, 0.6) is 0 Å². The van der Waals surface area contributed by atoms with E-state index in [2.05, 4.69) is 13.8 Å². The van der Waals surface area contributed by atoms with Crippen LogP contribution < -0.4 is 5.73 Å². The molecule has 0 aromatic heterocycles. The second-order valence-electron chi connectivity index (χ2n) is 4.78. The molecule has 0 unspecified atom stereocenters. The summed E-state index contributed by atoms with van der Waals surface area (Å²) < 4.78 is 5.57. The highest BCUT2D eigenvalue weighted by Crippen LogP contribution is 2.42. The molecule has 13 heavy (non-hydrogen) atoms. The second-order valence-corrected chi connectivity index (χ2v) is 4.78. The highest BCUT2D eigenvalue weighted by Gasteiger charge is 2.34. The summed E-state index contributed by atoms with van der Waals surface area (Å²) >= 11 is 0. The predicted molar refractivity (Wildman–Crippen MR) is 55.6 cm³/mol. The molecule has 0 aliphatic heterocycles. The summed E-state index contributed by atoms with van der Waals surface area (Å²) in [6.07, 6.45) is 5.15. The standard InChI is InChI=1S/C11H23NO/c1-10(2)8-13-7-6-11(9-12)4-3-5-11/h10H,3-9,12H2,1-2H3. The Bertz CT molecular complexity index is 136. The van der Waals surface area contributed by atoms with Gasteiger partial charge in [-0.2, -0.15) is 0 Å². The lowest BCUT2D eigenvalue weighted by Gasteiger charge is -2.41. The van der Waals surface area contributed by atoms with E-state index in [1.54, 1.807) is 0 Å². The molecule has 1 rings (SSSR count). The Hall–Kier alpha value is -0.0800. The Morgan fingerprint density at radius 2 is 2.08 bits per heavy atom. The van der Waals surface area contributed by atoms with Crippen molar-refractivity contribution in [1.29, 1.82) is 0 Å². The van der Waals surface area contributed by atoms with Crippen LogP contribution in [-0.4, -0.2) is 19.8 Å². The van der Waals surface area contributed by atoms with E-state index in [1.807, 2.05) is 0 Å². The van der Waals surface area contributed by atoms with Gasteiger partial charge in [-0.05, 0) is 37.1 Å². The summed E-state index contributed by atoms with van der Waals surface area (Å²) in [6.45, 7) is 7.00. The van der Waals surface area contributed by atoms with Gasteiger partial charge >= 0.3 is 0 Å². The van der Waals surface area contributed by atoms with Gasteiger partial charge in [-0.3, -0.25) is 0 Å². The molecular formula is C11H23NO. The van der Waals surface area contributed by atoms with Gasteiger partial charge < -0.3 is 10.5 Å². The highest BCUT2D eigenvalue weighted by molar-refractivity contribution is 4.88. The molecule has 2 N–H and O–H groups in total. The Kier molecular flexibility index (Phi) is 4.20. The fraction of sp³-hybridized carbons (Fsp3) is 1.00. The maximum Gasteiger partial charge on any atom is 0.0488 e. The quantitative estimate of drug-likeness (QED) is 0.644. The van der Waals surface area contributed by atoms with E-state index >= 15 is 0 Å². The first kappa shape index (κ1) is 11.0. The van der Waals surface area contributed by atoms with Gasteiger partial charge in [0.2, 0.25) is 0 Å². The van der Waals surface area contributed by atoms with Crippen molar-refractivity contribution in [3.63, 3.8) is 0 Å². The molecule has 1 aliphatic rings. The molecule has 2 heteroatoms. The van der Waals surface area contributed by atoms with Crippen molar-refractivity contribution in [2.75, 3.05) is 19.8 Å². The maximum absolute atomic E-state index is 5.76. The average molecular weight is 185 g/mol. The molecule has 0 aromatic carbocycles. The van der Waals surface area contributed by atoms with Crippen LogP contribution in [0.25, 0.3) is 0 Å². The third-order valence-corrected chi connectivity index (χ3v) is 3.08. The van der Waals surface area contributed by atoms with Crippen molar-refractivity contribution < 1.29 is 4.74 Å². The zero-order chi connectivity index (χ0) is 9.73. The van der Waals surface area contributed by atoms with E-state index in [0.29, 0.717) is 11.3 Å². The van der Waals surface area contributed by atoms with Gasteiger partial charge in [0, 0.05) is 13.2 Å². The fourth-order valence-electron chi connectivity index (χ4n) is 1.84. The van der Waals surface area contributed by atoms with Gasteiger partial charge in [-0.25, -0.2) is 0 Å². The topological polar surface area (TPSA) is 35.2 Å². The summed E-state index contributed by atoms with van der Waals surface area (Å²) in [5.74, 6) is 0.648. The summed E-state index contributed by atoms with van der Waals surface area (Å²) in [6, 6.07) is 0. The Morgan fingerprint density at radius 3 is 2.46 bits per heavy atom. The lowest BCUT2D eigenvalue weighted by Crippen LogP contribution is -2.38. The maximum atomic E-state index is 5.76. The van der Waals surface area contributed by atoms with Crippen molar-refractivity contribution in [2.24, 2.45) is 17.1 Å². The number of rotatable bonds is 6. The summed E-state index contributed by atoms with van der Waals surface area (Å²) in [4.78, 5) is 0. The van der Waals surface area contributed by atoms with E-state index in [9.17, 15) is 0 Å². The minimum atomic E-state index is 0.455. The van der Waals surface area contributed by atoms with Crippen LogP contribution in [-0.2, 0) is 4.74 Å². The Morgan fingerprint density at radius 1 is 1.38 bits per heavy atom. The number of nitrogens with two attached hydrogens (primary N) is 1. The van der Waals surface area contributed by atoms with Gasteiger partial charge in [0.05, 0.1) is 0 Å². The number of hydrogen-bond acceptors (Lipinski definition) is 2. The summed E-state index contributed by atoms with van der Waals surface area (Å²) in [5.41, 5.74) is 6.21. The molecule has 0 spiro atoms. The summed E-state index contributed by atoms with van der Waals surface area (Å²) in [7, 11) is 0. The van der Waals surface area contributed by atoms with Crippen LogP contribution in [0.1, 0.15) is 39.5 Å². The molecule has 1 aliphatic carbocycles. The zero-order valence-corrected chi connectivity index (χ0v) is 9.01. The van der Waals surface area contributed by atoms with Gasteiger partial charge in [-0.15, -0.1) is 0 Å². The van der Waals surface area contributed by atoms with E-state index in [-0.39, 0.29) is 0 Å². The molecule has 0 radical (unpaired) electrons. The number of hydrogen-bond donors (Lipinski definition) is 1. The first-order valence-electron chi connectivity index (χ1n) is 5.46. The SMILES string of the molecule is CC(C)COCCC1(CN)CCC1. The fourth-order valence-corrected chi connectivity index (χ4v) is 1.84. The van der Waals surface area contributed by atoms with Gasteiger partial charge in [0.25, 0.3) is 0 Å². The second kappa shape index (κ2) is 4.97. The third kappa shape index (κ3) is 3.28. The first-order valence-corrected chi connectivity index (χ1v) is 5.46. The summed E-state index contributed by atoms with van der Waals surface area (Å²) in [5, 5.41) is 0. The van der Waals surface area contributed by atoms with E-state index in [0.717, 1.165) is 26.2 Å². The van der Waals surface area contributed by atoms with Crippen molar-refractivity contribution in [1.82, 2.24) is 0 Å². The number of ether oxygens (including phenoxy) is 1. The molecule has 0 aromatic rings. The van der Waals surface area contributed by atoms with Crippen molar-refractivity contribution in [2.45, 2.75) is 39.5 Å². The molecule has 0 amide bonds. The Labute approximate surface area is 81.8 Å². The molecule has 0 saturated heterocycles. The van der Waals surface area contributed by atoms with E-state index < -0.39 is 0 Å². The third-order valence-electron chi connectivity index (χ3n) is 3.08. The average Bonchev–Trinajstić information content (AvgIpc) is 2.01. The van der Waals surface area contributed by atoms with Crippen molar-refractivity contribution >= 4 is 0 Å². The van der Waals surface area contributed by atoms with Gasteiger partial charge in [-0.1, -0.05) is 20.3 Å². The van der Waals surface area contributed by atoms with Crippen LogP contribution in [0.3, 0.4) is 0 Å². The minimum Gasteiger partial charge on any atom is -0.381 e. The predicted octanol–water partition coefficient (Wildman–Crippen LogP) is 2.18. The van der Waals surface area contributed by atoms with Gasteiger partial charge in [0.15, 0.2) is 0 Å². The van der Waals surface area contributed by atoms with E-state index in [1.165, 1.54) is 19.3 Å². The lowest BCUT2D eigenvalue weighted by atomic mass is 9.67. The molecule has 0 atom stereocenters. The molecule has 0 bridgehead atoms. The lowest BCUT2D eigenvalue weighted by molar-refractivity contribution is 0.0454.